The molecule has 0 aliphatic heterocycles. The fraction of sp³-hybridized carbons (Fsp3) is 0.533. The Morgan fingerprint density at radius 2 is 2.00 bits per heavy atom. The summed E-state index contributed by atoms with van der Waals surface area (Å²) >= 11 is 0. The van der Waals surface area contributed by atoms with Crippen LogP contribution in [-0.4, -0.2) is 36.9 Å². The zero-order chi connectivity index (χ0) is 14.8. The number of aliphatic hydroxyl groups is 1. The van der Waals surface area contributed by atoms with Crippen LogP contribution in [0.5, 0.6) is 5.75 Å². The van der Waals surface area contributed by atoms with E-state index < -0.39 is 6.04 Å². The van der Waals surface area contributed by atoms with E-state index in [1.807, 2.05) is 6.92 Å². The van der Waals surface area contributed by atoms with Crippen LogP contribution in [0, 0.1) is 0 Å². The van der Waals surface area contributed by atoms with E-state index in [-0.39, 0.29) is 19.2 Å². The Morgan fingerprint density at radius 3 is 2.55 bits per heavy atom. The van der Waals surface area contributed by atoms with Gasteiger partial charge in [0.15, 0.2) is 0 Å². The Balaban J connectivity index is 2.52. The van der Waals surface area contributed by atoms with Gasteiger partial charge in [0, 0.05) is 0 Å². The molecule has 1 unspecified atom stereocenters. The fourth-order valence-electron chi connectivity index (χ4n) is 1.64. The first-order chi connectivity index (χ1) is 9.71. The second-order valence-corrected chi connectivity index (χ2v) is 4.37. The van der Waals surface area contributed by atoms with Gasteiger partial charge in [0.05, 0.1) is 13.2 Å². The van der Waals surface area contributed by atoms with E-state index >= 15 is 0 Å². The molecule has 0 aliphatic carbocycles. The molecule has 1 atom stereocenters. The molecule has 0 aliphatic rings. The highest BCUT2D eigenvalue weighted by Gasteiger charge is 2.19. The molecule has 0 bridgehead atoms. The number of ether oxygens (including phenoxy) is 2. The largest absolute Gasteiger partial charge is 0.491 e. The molecule has 0 amide bonds. The summed E-state index contributed by atoms with van der Waals surface area (Å²) < 4.78 is 10.6. The molecular weight excluding hydrogens is 258 g/mol. The van der Waals surface area contributed by atoms with Gasteiger partial charge in [-0.15, -0.1) is 0 Å². The van der Waals surface area contributed by atoms with Gasteiger partial charge in [-0.3, -0.25) is 4.79 Å². The molecule has 0 heterocycles. The average molecular weight is 281 g/mol. The van der Waals surface area contributed by atoms with Crippen LogP contribution in [0.4, 0.5) is 0 Å². The summed E-state index contributed by atoms with van der Waals surface area (Å²) in [5.74, 6) is 0.364. The van der Waals surface area contributed by atoms with Crippen molar-refractivity contribution >= 4 is 5.97 Å². The molecule has 0 fully saturated rings. The van der Waals surface area contributed by atoms with Crippen molar-refractivity contribution < 1.29 is 19.4 Å². The summed E-state index contributed by atoms with van der Waals surface area (Å²) in [6.07, 6.45) is 0.932. The quantitative estimate of drug-likeness (QED) is 0.671. The molecule has 112 valence electrons. The number of hydrogen-bond acceptors (Lipinski definition) is 5. The number of aliphatic hydroxyl groups excluding tert-OH is 1. The molecule has 5 nitrogen and oxygen atoms in total. The zero-order valence-corrected chi connectivity index (χ0v) is 12.1. The van der Waals surface area contributed by atoms with Crippen LogP contribution in [0.1, 0.15) is 25.8 Å². The van der Waals surface area contributed by atoms with Crippen LogP contribution >= 0.6 is 0 Å². The monoisotopic (exact) mass is 281 g/mol. The van der Waals surface area contributed by atoms with Crippen LogP contribution in [0.3, 0.4) is 0 Å². The van der Waals surface area contributed by atoms with Crippen molar-refractivity contribution in [3.8, 4) is 5.75 Å². The standard InChI is InChI=1S/C15H23NO4/c1-3-9-16-14(15(18)19-4-2)11-20-13-7-5-12(10-17)6-8-13/h5-8,14,16-17H,3-4,9-11H2,1-2H3. The maximum absolute atomic E-state index is 11.8. The lowest BCUT2D eigenvalue weighted by atomic mass is 10.2. The SMILES string of the molecule is CCCNC(COc1ccc(CO)cc1)C(=O)OCC. The molecule has 1 aromatic carbocycles. The van der Waals surface area contributed by atoms with E-state index in [0.717, 1.165) is 18.5 Å². The van der Waals surface area contributed by atoms with E-state index in [9.17, 15) is 4.79 Å². The van der Waals surface area contributed by atoms with E-state index in [1.54, 1.807) is 31.2 Å². The Labute approximate surface area is 119 Å². The highest BCUT2D eigenvalue weighted by Crippen LogP contribution is 2.12. The summed E-state index contributed by atoms with van der Waals surface area (Å²) in [7, 11) is 0. The zero-order valence-electron chi connectivity index (χ0n) is 12.1. The Morgan fingerprint density at radius 1 is 1.30 bits per heavy atom. The van der Waals surface area contributed by atoms with Gasteiger partial charge >= 0.3 is 5.97 Å². The summed E-state index contributed by atoms with van der Waals surface area (Å²) in [5.41, 5.74) is 0.823. The molecule has 0 radical (unpaired) electrons. The van der Waals surface area contributed by atoms with E-state index in [2.05, 4.69) is 5.32 Å². The first kappa shape index (κ1) is 16.5. The van der Waals surface area contributed by atoms with E-state index in [4.69, 9.17) is 14.6 Å². The lowest BCUT2D eigenvalue weighted by molar-refractivity contribution is -0.146. The molecule has 0 aromatic heterocycles. The number of carbonyl (C=O) groups excluding carboxylic acids is 1. The molecule has 1 rings (SSSR count). The molecule has 0 spiro atoms. The van der Waals surface area contributed by atoms with Crippen LogP contribution < -0.4 is 10.1 Å². The lowest BCUT2D eigenvalue weighted by Crippen LogP contribution is -2.43. The number of esters is 1. The molecule has 20 heavy (non-hydrogen) atoms. The summed E-state index contributed by atoms with van der Waals surface area (Å²) in [6, 6.07) is 6.65. The van der Waals surface area contributed by atoms with Crippen molar-refractivity contribution in [1.82, 2.24) is 5.32 Å². The third-order valence-corrected chi connectivity index (χ3v) is 2.73. The van der Waals surface area contributed by atoms with Gasteiger partial charge in [0.25, 0.3) is 0 Å². The minimum absolute atomic E-state index is 0.00376. The van der Waals surface area contributed by atoms with Crippen LogP contribution in [0.2, 0.25) is 0 Å². The van der Waals surface area contributed by atoms with Gasteiger partial charge in [-0.1, -0.05) is 19.1 Å². The van der Waals surface area contributed by atoms with Gasteiger partial charge in [0.2, 0.25) is 0 Å². The maximum atomic E-state index is 11.8. The van der Waals surface area contributed by atoms with Crippen LogP contribution in [-0.2, 0) is 16.1 Å². The highest BCUT2D eigenvalue weighted by molar-refractivity contribution is 5.76. The topological polar surface area (TPSA) is 67.8 Å². The van der Waals surface area contributed by atoms with Gasteiger partial charge in [-0.2, -0.15) is 0 Å². The Bertz CT molecular complexity index is 391. The molecule has 0 saturated carbocycles. The first-order valence-corrected chi connectivity index (χ1v) is 6.93. The number of benzene rings is 1. The smallest absolute Gasteiger partial charge is 0.326 e. The van der Waals surface area contributed by atoms with Gasteiger partial charge < -0.3 is 19.9 Å². The van der Waals surface area contributed by atoms with Gasteiger partial charge in [-0.25, -0.2) is 0 Å². The molecular formula is C15H23NO4. The predicted molar refractivity (Wildman–Crippen MR) is 76.6 cm³/mol. The second-order valence-electron chi connectivity index (χ2n) is 4.37. The second kappa shape index (κ2) is 9.34. The van der Waals surface area contributed by atoms with Crippen molar-refractivity contribution in [2.45, 2.75) is 32.9 Å². The van der Waals surface area contributed by atoms with Crippen LogP contribution in [0.25, 0.3) is 0 Å². The summed E-state index contributed by atoms with van der Waals surface area (Å²) in [5, 5.41) is 12.1. The van der Waals surface area contributed by atoms with Crippen molar-refractivity contribution in [2.75, 3.05) is 19.8 Å². The average Bonchev–Trinajstić information content (AvgIpc) is 2.48. The van der Waals surface area contributed by atoms with Gasteiger partial charge in [0.1, 0.15) is 18.4 Å². The number of carbonyl (C=O) groups is 1. The third-order valence-electron chi connectivity index (χ3n) is 2.73. The van der Waals surface area contributed by atoms with Crippen molar-refractivity contribution in [2.24, 2.45) is 0 Å². The first-order valence-electron chi connectivity index (χ1n) is 6.93. The maximum Gasteiger partial charge on any atom is 0.326 e. The molecule has 5 heteroatoms. The minimum Gasteiger partial charge on any atom is -0.491 e. The fourth-order valence-corrected chi connectivity index (χ4v) is 1.64. The van der Waals surface area contributed by atoms with Gasteiger partial charge in [-0.05, 0) is 37.6 Å². The number of rotatable bonds is 9. The summed E-state index contributed by atoms with van der Waals surface area (Å²) in [4.78, 5) is 11.8. The summed E-state index contributed by atoms with van der Waals surface area (Å²) in [6.45, 7) is 5.12. The Kier molecular flexibility index (Phi) is 7.69. The van der Waals surface area contributed by atoms with Crippen molar-refractivity contribution in [3.63, 3.8) is 0 Å². The van der Waals surface area contributed by atoms with Crippen molar-refractivity contribution in [1.29, 1.82) is 0 Å². The molecule has 1 aromatic rings. The molecule has 0 saturated heterocycles. The highest BCUT2D eigenvalue weighted by atomic mass is 16.5. The molecule has 2 N–H and O–H groups in total. The minimum atomic E-state index is -0.465. The Hall–Kier alpha value is -1.59. The number of nitrogens with one attached hydrogen (secondary N) is 1. The normalized spacial score (nSPS) is 11.9. The van der Waals surface area contributed by atoms with E-state index in [0.29, 0.717) is 12.4 Å². The van der Waals surface area contributed by atoms with Crippen LogP contribution in [0.15, 0.2) is 24.3 Å². The number of hydrogen-bond donors (Lipinski definition) is 2. The predicted octanol–water partition coefficient (Wildman–Crippen LogP) is 1.49. The van der Waals surface area contributed by atoms with E-state index in [1.165, 1.54) is 0 Å². The van der Waals surface area contributed by atoms with Crippen molar-refractivity contribution in [3.05, 3.63) is 29.8 Å². The lowest BCUT2D eigenvalue weighted by Gasteiger charge is -2.17. The third kappa shape index (κ3) is 5.59.